The molecule has 1 aliphatic heterocycles. The monoisotopic (exact) mass is 550 g/mol. The van der Waals surface area contributed by atoms with E-state index in [9.17, 15) is 9.59 Å². The Kier molecular flexibility index (Phi) is 10.2. The number of nitrogens with zero attached hydrogens (tertiary/aromatic N) is 2. The summed E-state index contributed by atoms with van der Waals surface area (Å²) in [6.45, 7) is 9.41. The molecule has 0 atom stereocenters. The summed E-state index contributed by atoms with van der Waals surface area (Å²) in [6, 6.07) is 15.6. The summed E-state index contributed by atoms with van der Waals surface area (Å²) in [5.74, 6) is 0.857. The summed E-state index contributed by atoms with van der Waals surface area (Å²) in [6.07, 6.45) is 5.34. The summed E-state index contributed by atoms with van der Waals surface area (Å²) in [7, 11) is 0. The van der Waals surface area contributed by atoms with E-state index in [4.69, 9.17) is 16.1 Å². The molecule has 2 N–H and O–H groups in total. The van der Waals surface area contributed by atoms with Gasteiger partial charge in [0.2, 0.25) is 5.91 Å². The zero-order chi connectivity index (χ0) is 27.8. The number of aromatic nitrogens is 1. The molecule has 208 valence electrons. The van der Waals surface area contributed by atoms with Gasteiger partial charge in [0.25, 0.3) is 5.91 Å². The molecule has 1 aliphatic rings. The van der Waals surface area contributed by atoms with Crippen LogP contribution in [0.1, 0.15) is 73.6 Å². The predicted octanol–water partition coefficient (Wildman–Crippen LogP) is 6.68. The lowest BCUT2D eigenvalue weighted by Crippen LogP contribution is -2.33. The van der Waals surface area contributed by atoms with Crippen LogP contribution in [-0.4, -0.2) is 48.0 Å². The molecule has 0 spiro atoms. The molecule has 8 heteroatoms. The van der Waals surface area contributed by atoms with E-state index in [0.29, 0.717) is 40.1 Å². The van der Waals surface area contributed by atoms with Gasteiger partial charge in [-0.3, -0.25) is 9.59 Å². The van der Waals surface area contributed by atoms with Crippen molar-refractivity contribution >= 4 is 29.1 Å². The van der Waals surface area contributed by atoms with Gasteiger partial charge in [-0.05, 0) is 81.9 Å². The summed E-state index contributed by atoms with van der Waals surface area (Å²) in [5.41, 5.74) is 3.81. The smallest absolute Gasteiger partial charge is 0.257 e. The molecular formula is C31H39ClN4O3. The van der Waals surface area contributed by atoms with Gasteiger partial charge < -0.3 is 20.1 Å². The van der Waals surface area contributed by atoms with Gasteiger partial charge in [-0.1, -0.05) is 67.4 Å². The lowest BCUT2D eigenvalue weighted by atomic mass is 9.89. The minimum atomic E-state index is -0.182. The van der Waals surface area contributed by atoms with E-state index in [-0.39, 0.29) is 17.7 Å². The highest BCUT2D eigenvalue weighted by Gasteiger charge is 2.23. The van der Waals surface area contributed by atoms with Crippen LogP contribution in [0.25, 0.3) is 11.3 Å². The second-order valence-electron chi connectivity index (χ2n) is 10.6. The fourth-order valence-corrected chi connectivity index (χ4v) is 5.28. The van der Waals surface area contributed by atoms with Gasteiger partial charge in [-0.15, -0.1) is 0 Å². The van der Waals surface area contributed by atoms with Gasteiger partial charge in [0.05, 0.1) is 5.02 Å². The van der Waals surface area contributed by atoms with Crippen molar-refractivity contribution in [1.82, 2.24) is 15.4 Å². The SMILES string of the molecule is Cc1onc(-c2ccccc2Cl)c1C(=O)NCCCCCN1CCC(c2cccc(NC(=O)C(C)C)c2)CC1. The van der Waals surface area contributed by atoms with Gasteiger partial charge in [0.15, 0.2) is 0 Å². The fourth-order valence-electron chi connectivity index (χ4n) is 5.05. The Balaban J connectivity index is 1.15. The van der Waals surface area contributed by atoms with Crippen molar-refractivity contribution in [3.05, 3.63) is 70.4 Å². The van der Waals surface area contributed by atoms with Crippen LogP contribution in [0.3, 0.4) is 0 Å². The zero-order valence-electron chi connectivity index (χ0n) is 23.1. The molecule has 4 rings (SSSR count). The average molecular weight is 551 g/mol. The maximum atomic E-state index is 12.9. The highest BCUT2D eigenvalue weighted by Crippen LogP contribution is 2.31. The molecule has 2 aromatic carbocycles. The van der Waals surface area contributed by atoms with E-state index < -0.39 is 0 Å². The van der Waals surface area contributed by atoms with Gasteiger partial charge in [0.1, 0.15) is 17.0 Å². The number of unbranched alkanes of at least 4 members (excludes halogenated alkanes) is 2. The molecule has 1 aromatic heterocycles. The molecular weight excluding hydrogens is 512 g/mol. The summed E-state index contributed by atoms with van der Waals surface area (Å²) < 4.78 is 5.31. The van der Waals surface area contributed by atoms with Crippen LogP contribution in [0.4, 0.5) is 5.69 Å². The van der Waals surface area contributed by atoms with Crippen molar-refractivity contribution in [3.63, 3.8) is 0 Å². The van der Waals surface area contributed by atoms with E-state index >= 15 is 0 Å². The third-order valence-corrected chi connectivity index (χ3v) is 7.72. The Bertz CT molecular complexity index is 1260. The topological polar surface area (TPSA) is 87.5 Å². The van der Waals surface area contributed by atoms with Crippen LogP contribution in [0.2, 0.25) is 5.02 Å². The standard InChI is InChI=1S/C31H39ClN4O3/c1-21(2)30(37)34-25-11-9-10-24(20-25)23-14-18-36(19-15-23)17-8-4-7-16-33-31(38)28-22(3)39-35-29(28)26-12-5-6-13-27(26)32/h5-6,9-13,20-21,23H,4,7-8,14-19H2,1-3H3,(H,33,38)(H,34,37). The van der Waals surface area contributed by atoms with Crippen molar-refractivity contribution in [2.75, 3.05) is 31.5 Å². The lowest BCUT2D eigenvalue weighted by Gasteiger charge is -2.32. The molecule has 1 saturated heterocycles. The number of carbonyl (C=O) groups excluding carboxylic acids is 2. The number of likely N-dealkylation sites (tertiary alicyclic amines) is 1. The third kappa shape index (κ3) is 7.70. The Morgan fingerprint density at radius 1 is 1.08 bits per heavy atom. The largest absolute Gasteiger partial charge is 0.360 e. The van der Waals surface area contributed by atoms with E-state index in [1.54, 1.807) is 13.0 Å². The summed E-state index contributed by atoms with van der Waals surface area (Å²) in [5, 5.41) is 10.6. The lowest BCUT2D eigenvalue weighted by molar-refractivity contribution is -0.118. The Labute approximate surface area is 236 Å². The fraction of sp³-hybridized carbons (Fsp3) is 0.452. The van der Waals surface area contributed by atoms with Crippen LogP contribution in [-0.2, 0) is 4.79 Å². The molecule has 39 heavy (non-hydrogen) atoms. The van der Waals surface area contributed by atoms with E-state index in [1.165, 1.54) is 5.56 Å². The number of halogens is 1. The molecule has 7 nitrogen and oxygen atoms in total. The molecule has 0 radical (unpaired) electrons. The number of carbonyl (C=O) groups is 2. The number of aryl methyl sites for hydroxylation is 1. The highest BCUT2D eigenvalue weighted by molar-refractivity contribution is 6.33. The summed E-state index contributed by atoms with van der Waals surface area (Å²) >= 11 is 6.31. The third-order valence-electron chi connectivity index (χ3n) is 7.39. The normalized spacial score (nSPS) is 14.5. The maximum Gasteiger partial charge on any atom is 0.257 e. The number of piperidine rings is 1. The van der Waals surface area contributed by atoms with Crippen LogP contribution in [0.5, 0.6) is 0 Å². The van der Waals surface area contributed by atoms with Crippen LogP contribution in [0, 0.1) is 12.8 Å². The van der Waals surface area contributed by atoms with Gasteiger partial charge >= 0.3 is 0 Å². The van der Waals surface area contributed by atoms with E-state index in [2.05, 4.69) is 32.8 Å². The van der Waals surface area contributed by atoms with Crippen LogP contribution >= 0.6 is 11.6 Å². The Hall–Kier alpha value is -3.16. The number of amides is 2. The quantitative estimate of drug-likeness (QED) is 0.260. The van der Waals surface area contributed by atoms with Crippen molar-refractivity contribution in [1.29, 1.82) is 0 Å². The zero-order valence-corrected chi connectivity index (χ0v) is 23.9. The first-order valence-corrected chi connectivity index (χ1v) is 14.3. The van der Waals surface area contributed by atoms with Gasteiger partial charge in [0, 0.05) is 23.7 Å². The molecule has 0 saturated carbocycles. The first-order valence-electron chi connectivity index (χ1n) is 14.0. The molecule has 1 fully saturated rings. The number of rotatable bonds is 11. The van der Waals surface area contributed by atoms with Crippen molar-refractivity contribution in [2.45, 2.75) is 58.8 Å². The Morgan fingerprint density at radius 2 is 1.85 bits per heavy atom. The number of anilines is 1. The minimum Gasteiger partial charge on any atom is -0.360 e. The number of nitrogens with one attached hydrogen (secondary N) is 2. The number of benzene rings is 2. The highest BCUT2D eigenvalue weighted by atomic mass is 35.5. The molecule has 0 bridgehead atoms. The molecule has 0 unspecified atom stereocenters. The van der Waals surface area contributed by atoms with Gasteiger partial charge in [-0.2, -0.15) is 0 Å². The molecule has 3 aromatic rings. The Morgan fingerprint density at radius 3 is 2.59 bits per heavy atom. The number of hydrogen-bond donors (Lipinski definition) is 2. The second kappa shape index (κ2) is 13.8. The molecule has 2 amide bonds. The van der Waals surface area contributed by atoms with Crippen molar-refractivity contribution in [3.8, 4) is 11.3 Å². The summed E-state index contributed by atoms with van der Waals surface area (Å²) in [4.78, 5) is 27.5. The van der Waals surface area contributed by atoms with E-state index in [1.807, 2.05) is 44.2 Å². The van der Waals surface area contributed by atoms with Crippen LogP contribution in [0.15, 0.2) is 53.1 Å². The van der Waals surface area contributed by atoms with Crippen molar-refractivity contribution in [2.24, 2.45) is 5.92 Å². The number of hydrogen-bond acceptors (Lipinski definition) is 5. The predicted molar refractivity (Wildman–Crippen MR) is 156 cm³/mol. The minimum absolute atomic E-state index is 0.0294. The second-order valence-corrected chi connectivity index (χ2v) is 11.1. The molecule has 0 aliphatic carbocycles. The van der Waals surface area contributed by atoms with E-state index in [0.717, 1.165) is 57.4 Å². The van der Waals surface area contributed by atoms with Crippen LogP contribution < -0.4 is 10.6 Å². The first kappa shape index (κ1) is 28.8. The van der Waals surface area contributed by atoms with Gasteiger partial charge in [-0.25, -0.2) is 0 Å². The average Bonchev–Trinajstić information content (AvgIpc) is 3.32. The maximum absolute atomic E-state index is 12.9. The van der Waals surface area contributed by atoms with Crippen molar-refractivity contribution < 1.29 is 14.1 Å². The molecule has 2 heterocycles. The first-order chi connectivity index (χ1) is 18.8.